The number of nitrogens with one attached hydrogen (secondary N) is 1. The molecule has 1 N–H and O–H groups in total. The van der Waals surface area contributed by atoms with Crippen molar-refractivity contribution in [2.45, 2.75) is 6.10 Å². The first kappa shape index (κ1) is 16.1. The van der Waals surface area contributed by atoms with Gasteiger partial charge in [-0.15, -0.1) is 0 Å². The zero-order chi connectivity index (χ0) is 16.9. The first-order valence-electron chi connectivity index (χ1n) is 7.78. The molecule has 0 spiro atoms. The van der Waals surface area contributed by atoms with Crippen molar-refractivity contribution in [3.63, 3.8) is 0 Å². The van der Waals surface area contributed by atoms with Gasteiger partial charge >= 0.3 is 0 Å². The zero-order valence-electron chi connectivity index (χ0n) is 13.4. The zero-order valence-corrected chi connectivity index (χ0v) is 13.4. The third-order valence-corrected chi connectivity index (χ3v) is 3.86. The summed E-state index contributed by atoms with van der Waals surface area (Å²) in [6.07, 6.45) is -0.585. The molecule has 1 aliphatic heterocycles. The highest BCUT2D eigenvalue weighted by molar-refractivity contribution is 5.83. The third-order valence-electron chi connectivity index (χ3n) is 3.86. The summed E-state index contributed by atoms with van der Waals surface area (Å²) in [4.78, 5) is 13.9. The number of anilines is 1. The monoisotopic (exact) mass is 330 g/mol. The molecular weight excluding hydrogens is 311 g/mol. The summed E-state index contributed by atoms with van der Waals surface area (Å²) in [5.41, 5.74) is 0.898. The van der Waals surface area contributed by atoms with Crippen molar-refractivity contribution < 1.29 is 18.7 Å². The Morgan fingerprint density at radius 3 is 2.83 bits per heavy atom. The van der Waals surface area contributed by atoms with E-state index in [1.807, 2.05) is 29.2 Å². The Balaban J connectivity index is 1.69. The van der Waals surface area contributed by atoms with Crippen LogP contribution in [0.3, 0.4) is 0 Å². The van der Waals surface area contributed by atoms with Crippen molar-refractivity contribution in [2.24, 2.45) is 0 Å². The normalized spacial score (nSPS) is 16.1. The summed E-state index contributed by atoms with van der Waals surface area (Å²) in [5.74, 6) is 0.317. The number of hydrogen-bond donors (Lipinski definition) is 1. The van der Waals surface area contributed by atoms with Gasteiger partial charge in [0.05, 0.1) is 18.8 Å². The SMILES string of the molecule is CNC(=O)[C@@H]1CN(CCOc2ccccc2F)c2ccccc2O1. The van der Waals surface area contributed by atoms with Gasteiger partial charge in [-0.25, -0.2) is 4.39 Å². The maximum Gasteiger partial charge on any atom is 0.262 e. The Morgan fingerprint density at radius 2 is 2.04 bits per heavy atom. The molecule has 1 heterocycles. The van der Waals surface area contributed by atoms with Gasteiger partial charge in [-0.1, -0.05) is 24.3 Å². The fraction of sp³-hybridized carbons (Fsp3) is 0.278. The molecule has 1 aliphatic rings. The Bertz CT molecular complexity index is 723. The number of nitrogens with zero attached hydrogens (tertiary/aromatic N) is 1. The van der Waals surface area contributed by atoms with E-state index in [-0.39, 0.29) is 17.5 Å². The van der Waals surface area contributed by atoms with Crippen molar-refractivity contribution in [1.29, 1.82) is 0 Å². The van der Waals surface area contributed by atoms with Gasteiger partial charge < -0.3 is 19.7 Å². The van der Waals surface area contributed by atoms with Gasteiger partial charge in [0.25, 0.3) is 5.91 Å². The topological polar surface area (TPSA) is 50.8 Å². The second-order valence-corrected chi connectivity index (χ2v) is 5.41. The van der Waals surface area contributed by atoms with E-state index in [4.69, 9.17) is 9.47 Å². The van der Waals surface area contributed by atoms with E-state index in [1.165, 1.54) is 6.07 Å². The number of carbonyl (C=O) groups excluding carboxylic acids is 1. The van der Waals surface area contributed by atoms with E-state index in [0.29, 0.717) is 25.4 Å². The molecule has 0 unspecified atom stereocenters. The average molecular weight is 330 g/mol. The van der Waals surface area contributed by atoms with E-state index in [1.54, 1.807) is 25.2 Å². The molecule has 2 aromatic carbocycles. The molecule has 24 heavy (non-hydrogen) atoms. The lowest BCUT2D eigenvalue weighted by Gasteiger charge is -2.35. The Kier molecular flexibility index (Phi) is 4.84. The molecule has 0 saturated heterocycles. The number of para-hydroxylation sites is 3. The van der Waals surface area contributed by atoms with E-state index in [2.05, 4.69) is 5.32 Å². The smallest absolute Gasteiger partial charge is 0.262 e. The van der Waals surface area contributed by atoms with Gasteiger partial charge in [-0.3, -0.25) is 4.79 Å². The number of carbonyl (C=O) groups is 1. The predicted octanol–water partition coefficient (Wildman–Crippen LogP) is 2.22. The first-order valence-corrected chi connectivity index (χ1v) is 7.78. The van der Waals surface area contributed by atoms with Crippen LogP contribution in [0.4, 0.5) is 10.1 Å². The number of benzene rings is 2. The fourth-order valence-electron chi connectivity index (χ4n) is 2.64. The van der Waals surface area contributed by atoms with Crippen molar-refractivity contribution in [2.75, 3.05) is 31.6 Å². The van der Waals surface area contributed by atoms with E-state index in [9.17, 15) is 9.18 Å². The standard InChI is InChI=1S/C18H19FN2O3/c1-20-18(22)17-12-21(14-7-3-5-9-16(14)24-17)10-11-23-15-8-4-2-6-13(15)19/h2-9,17H,10-12H2,1H3,(H,20,22)/t17-/m0/s1. The molecule has 0 fully saturated rings. The first-order chi connectivity index (χ1) is 11.7. The molecule has 0 saturated carbocycles. The van der Waals surface area contributed by atoms with Crippen molar-refractivity contribution in [3.05, 3.63) is 54.3 Å². The predicted molar refractivity (Wildman–Crippen MR) is 89.0 cm³/mol. The van der Waals surface area contributed by atoms with Crippen molar-refractivity contribution in [1.82, 2.24) is 5.32 Å². The maximum absolute atomic E-state index is 13.6. The Labute approximate surface area is 140 Å². The highest BCUT2D eigenvalue weighted by Crippen LogP contribution is 2.32. The highest BCUT2D eigenvalue weighted by atomic mass is 19.1. The highest BCUT2D eigenvalue weighted by Gasteiger charge is 2.29. The number of halogens is 1. The molecule has 0 aliphatic carbocycles. The average Bonchev–Trinajstić information content (AvgIpc) is 2.62. The van der Waals surface area contributed by atoms with Crippen LogP contribution in [0.5, 0.6) is 11.5 Å². The van der Waals surface area contributed by atoms with Crippen LogP contribution in [0.15, 0.2) is 48.5 Å². The van der Waals surface area contributed by atoms with Crippen LogP contribution in [-0.4, -0.2) is 38.8 Å². The van der Waals surface area contributed by atoms with Crippen LogP contribution in [0.25, 0.3) is 0 Å². The lowest BCUT2D eigenvalue weighted by atomic mass is 10.2. The third kappa shape index (κ3) is 3.42. The molecular formula is C18H19FN2O3. The number of rotatable bonds is 5. The molecule has 0 bridgehead atoms. The second kappa shape index (κ2) is 7.21. The van der Waals surface area contributed by atoms with Crippen molar-refractivity contribution in [3.8, 4) is 11.5 Å². The number of hydrogen-bond acceptors (Lipinski definition) is 4. The van der Waals surface area contributed by atoms with Gasteiger partial charge in [0.1, 0.15) is 12.4 Å². The summed E-state index contributed by atoms with van der Waals surface area (Å²) in [6.45, 7) is 1.23. The second-order valence-electron chi connectivity index (χ2n) is 5.41. The summed E-state index contributed by atoms with van der Waals surface area (Å²) < 4.78 is 24.9. The van der Waals surface area contributed by atoms with E-state index in [0.717, 1.165) is 5.69 Å². The summed E-state index contributed by atoms with van der Waals surface area (Å²) >= 11 is 0. The lowest BCUT2D eigenvalue weighted by Crippen LogP contribution is -2.49. The largest absolute Gasteiger partial charge is 0.489 e. The quantitative estimate of drug-likeness (QED) is 0.913. The molecule has 0 aromatic heterocycles. The molecule has 126 valence electrons. The molecule has 3 rings (SSSR count). The van der Waals surface area contributed by atoms with Crippen LogP contribution in [-0.2, 0) is 4.79 Å². The lowest BCUT2D eigenvalue weighted by molar-refractivity contribution is -0.127. The number of likely N-dealkylation sites (N-methyl/N-ethyl adjacent to an activating group) is 1. The van der Waals surface area contributed by atoms with Gasteiger partial charge in [0, 0.05) is 7.05 Å². The van der Waals surface area contributed by atoms with Gasteiger partial charge in [0.15, 0.2) is 17.7 Å². The van der Waals surface area contributed by atoms with Gasteiger partial charge in [0.2, 0.25) is 0 Å². The molecule has 2 aromatic rings. The summed E-state index contributed by atoms with van der Waals surface area (Å²) in [7, 11) is 1.58. The molecule has 5 nitrogen and oxygen atoms in total. The van der Waals surface area contributed by atoms with Crippen LogP contribution < -0.4 is 19.7 Å². The van der Waals surface area contributed by atoms with Crippen LogP contribution in [0.2, 0.25) is 0 Å². The van der Waals surface area contributed by atoms with Crippen molar-refractivity contribution >= 4 is 11.6 Å². The summed E-state index contributed by atoms with van der Waals surface area (Å²) in [6, 6.07) is 13.8. The maximum atomic E-state index is 13.6. The fourth-order valence-corrected chi connectivity index (χ4v) is 2.64. The molecule has 6 heteroatoms. The number of amides is 1. The summed E-state index contributed by atoms with van der Waals surface area (Å²) in [5, 5.41) is 2.60. The van der Waals surface area contributed by atoms with Gasteiger partial charge in [-0.05, 0) is 24.3 Å². The molecule has 0 radical (unpaired) electrons. The van der Waals surface area contributed by atoms with Crippen LogP contribution in [0, 0.1) is 5.82 Å². The number of fused-ring (bicyclic) bond motifs is 1. The van der Waals surface area contributed by atoms with E-state index < -0.39 is 6.10 Å². The van der Waals surface area contributed by atoms with E-state index >= 15 is 0 Å². The minimum atomic E-state index is -0.585. The van der Waals surface area contributed by atoms with Crippen LogP contribution >= 0.6 is 0 Å². The molecule has 1 atom stereocenters. The number of ether oxygens (including phenoxy) is 2. The Morgan fingerprint density at radius 1 is 1.29 bits per heavy atom. The van der Waals surface area contributed by atoms with Gasteiger partial charge in [-0.2, -0.15) is 0 Å². The Hall–Kier alpha value is -2.76. The minimum absolute atomic E-state index is 0.176. The van der Waals surface area contributed by atoms with Crippen LogP contribution in [0.1, 0.15) is 0 Å². The molecule has 1 amide bonds. The minimum Gasteiger partial charge on any atom is -0.489 e.